The lowest BCUT2D eigenvalue weighted by Gasteiger charge is -2.12. The van der Waals surface area contributed by atoms with Gasteiger partial charge in [0.05, 0.1) is 0 Å². The van der Waals surface area contributed by atoms with Gasteiger partial charge in [0, 0.05) is 6.04 Å². The molecule has 1 N–H and O–H groups in total. The molecule has 0 radical (unpaired) electrons. The predicted molar refractivity (Wildman–Crippen MR) is 74.3 cm³/mol. The molecule has 0 aliphatic heterocycles. The zero-order chi connectivity index (χ0) is 12.1. The van der Waals surface area contributed by atoms with E-state index in [1.807, 2.05) is 0 Å². The van der Waals surface area contributed by atoms with Crippen LogP contribution < -0.4 is 5.32 Å². The Hall–Kier alpha value is -0.820. The summed E-state index contributed by atoms with van der Waals surface area (Å²) in [5.74, 6) is 0.743. The van der Waals surface area contributed by atoms with E-state index in [-0.39, 0.29) is 0 Å². The van der Waals surface area contributed by atoms with Crippen molar-refractivity contribution in [2.24, 2.45) is 5.92 Å². The number of nitrogens with one attached hydrogen (secondary N) is 1. The highest BCUT2D eigenvalue weighted by Crippen LogP contribution is 2.19. The normalized spacial score (nSPS) is 17.1. The van der Waals surface area contributed by atoms with Gasteiger partial charge in [-0.1, -0.05) is 44.5 Å². The highest BCUT2D eigenvalue weighted by Gasteiger charge is 2.20. The lowest BCUT2D eigenvalue weighted by atomic mass is 9.99. The van der Waals surface area contributed by atoms with Gasteiger partial charge < -0.3 is 5.32 Å². The zero-order valence-electron chi connectivity index (χ0n) is 11.2. The monoisotopic (exact) mass is 231 g/mol. The number of rotatable bonds is 7. The quantitative estimate of drug-likeness (QED) is 0.756. The Morgan fingerprint density at radius 3 is 2.41 bits per heavy atom. The highest BCUT2D eigenvalue weighted by atomic mass is 14.9. The number of hydrogen-bond donors (Lipinski definition) is 1. The number of aryl methyl sites for hydroxylation is 1. The Kier molecular flexibility index (Phi) is 4.61. The van der Waals surface area contributed by atoms with Crippen molar-refractivity contribution in [1.29, 1.82) is 0 Å². The van der Waals surface area contributed by atoms with Gasteiger partial charge in [-0.2, -0.15) is 0 Å². The van der Waals surface area contributed by atoms with E-state index in [4.69, 9.17) is 0 Å². The van der Waals surface area contributed by atoms with E-state index in [0.717, 1.165) is 12.0 Å². The van der Waals surface area contributed by atoms with Crippen LogP contribution in [0.5, 0.6) is 0 Å². The first kappa shape index (κ1) is 12.6. The van der Waals surface area contributed by atoms with Gasteiger partial charge in [0.25, 0.3) is 0 Å². The van der Waals surface area contributed by atoms with Gasteiger partial charge in [-0.05, 0) is 49.3 Å². The summed E-state index contributed by atoms with van der Waals surface area (Å²) < 4.78 is 0. The molecule has 0 bridgehead atoms. The van der Waals surface area contributed by atoms with Gasteiger partial charge in [-0.3, -0.25) is 0 Å². The Morgan fingerprint density at radius 2 is 1.82 bits per heavy atom. The van der Waals surface area contributed by atoms with E-state index in [0.29, 0.717) is 0 Å². The minimum atomic E-state index is 0.743. The Balaban J connectivity index is 1.76. The Labute approximate surface area is 106 Å². The molecular formula is C16H25N. The minimum absolute atomic E-state index is 0.743. The molecule has 1 aromatic rings. The summed E-state index contributed by atoms with van der Waals surface area (Å²) in [6.07, 6.45) is 6.42. The summed E-state index contributed by atoms with van der Waals surface area (Å²) in [4.78, 5) is 0. The van der Waals surface area contributed by atoms with Crippen LogP contribution in [0.4, 0.5) is 0 Å². The third-order valence-corrected chi connectivity index (χ3v) is 3.48. The van der Waals surface area contributed by atoms with Crippen molar-refractivity contribution in [2.75, 3.05) is 6.54 Å². The van der Waals surface area contributed by atoms with Crippen molar-refractivity contribution in [3.05, 3.63) is 35.4 Å². The number of hydrogen-bond acceptors (Lipinski definition) is 1. The fourth-order valence-electron chi connectivity index (χ4n) is 2.26. The van der Waals surface area contributed by atoms with Gasteiger partial charge in [0.2, 0.25) is 0 Å². The summed E-state index contributed by atoms with van der Waals surface area (Å²) >= 11 is 0. The molecule has 2 rings (SSSR count). The van der Waals surface area contributed by atoms with E-state index in [1.165, 1.54) is 49.8 Å². The van der Waals surface area contributed by atoms with Crippen LogP contribution in [0.15, 0.2) is 24.3 Å². The zero-order valence-corrected chi connectivity index (χ0v) is 11.2. The molecule has 1 atom stereocenters. The molecule has 1 heteroatoms. The molecule has 1 aromatic carbocycles. The van der Waals surface area contributed by atoms with E-state index >= 15 is 0 Å². The second kappa shape index (κ2) is 6.20. The summed E-state index contributed by atoms with van der Waals surface area (Å²) in [5.41, 5.74) is 2.95. The maximum absolute atomic E-state index is 3.61. The Bertz CT molecular complexity index is 324. The first-order chi connectivity index (χ1) is 8.28. The maximum atomic E-state index is 3.61. The molecule has 0 amide bonds. The van der Waals surface area contributed by atoms with Crippen molar-refractivity contribution >= 4 is 0 Å². The molecule has 1 nitrogen and oxygen atoms in total. The predicted octanol–water partition coefficient (Wildman–Crippen LogP) is 3.57. The fourth-order valence-corrected chi connectivity index (χ4v) is 2.26. The van der Waals surface area contributed by atoms with Crippen molar-refractivity contribution in [3.8, 4) is 0 Å². The van der Waals surface area contributed by atoms with E-state index in [9.17, 15) is 0 Å². The summed E-state index contributed by atoms with van der Waals surface area (Å²) in [5, 5.41) is 3.61. The molecule has 0 spiro atoms. The van der Waals surface area contributed by atoms with Crippen LogP contribution in [0.3, 0.4) is 0 Å². The minimum Gasteiger partial charge on any atom is -0.314 e. The first-order valence-corrected chi connectivity index (χ1v) is 7.09. The summed E-state index contributed by atoms with van der Waals surface area (Å²) in [7, 11) is 0. The maximum Gasteiger partial charge on any atom is 0.00683 e. The average molecular weight is 231 g/mol. The van der Waals surface area contributed by atoms with Gasteiger partial charge in [0.15, 0.2) is 0 Å². The molecule has 1 aliphatic rings. The molecule has 1 fully saturated rings. The molecule has 17 heavy (non-hydrogen) atoms. The molecule has 0 saturated heterocycles. The smallest absolute Gasteiger partial charge is 0.00683 e. The van der Waals surface area contributed by atoms with Crippen LogP contribution in [0.25, 0.3) is 0 Å². The lowest BCUT2D eigenvalue weighted by Crippen LogP contribution is -2.24. The summed E-state index contributed by atoms with van der Waals surface area (Å²) in [6, 6.07) is 10.0. The third-order valence-electron chi connectivity index (χ3n) is 3.48. The van der Waals surface area contributed by atoms with E-state index in [1.54, 1.807) is 0 Å². The lowest BCUT2D eigenvalue weighted by molar-refractivity contribution is 0.509. The van der Waals surface area contributed by atoms with Crippen LogP contribution in [-0.4, -0.2) is 12.6 Å². The van der Waals surface area contributed by atoms with Crippen LogP contribution in [-0.2, 0) is 12.8 Å². The van der Waals surface area contributed by atoms with Gasteiger partial charge >= 0.3 is 0 Å². The third kappa shape index (κ3) is 4.51. The molecular weight excluding hydrogens is 206 g/mol. The molecule has 0 aromatic heterocycles. The van der Waals surface area contributed by atoms with Crippen molar-refractivity contribution in [2.45, 2.75) is 52.0 Å². The van der Waals surface area contributed by atoms with E-state index in [2.05, 4.69) is 43.4 Å². The van der Waals surface area contributed by atoms with Crippen LogP contribution in [0.1, 0.15) is 44.2 Å². The van der Waals surface area contributed by atoms with Crippen molar-refractivity contribution in [3.63, 3.8) is 0 Å². The second-order valence-electron chi connectivity index (χ2n) is 5.56. The topological polar surface area (TPSA) is 12.0 Å². The van der Waals surface area contributed by atoms with Gasteiger partial charge in [-0.25, -0.2) is 0 Å². The van der Waals surface area contributed by atoms with Gasteiger partial charge in [0.1, 0.15) is 0 Å². The van der Waals surface area contributed by atoms with Crippen LogP contribution in [0, 0.1) is 5.92 Å². The highest BCUT2D eigenvalue weighted by molar-refractivity contribution is 5.23. The number of benzene rings is 1. The SMILES string of the molecule is CCCc1ccc(CC(C)CNC2CC2)cc1. The molecule has 0 heterocycles. The van der Waals surface area contributed by atoms with Crippen LogP contribution in [0.2, 0.25) is 0 Å². The van der Waals surface area contributed by atoms with Crippen LogP contribution >= 0.6 is 0 Å². The molecule has 94 valence electrons. The fraction of sp³-hybridized carbons (Fsp3) is 0.625. The molecule has 1 unspecified atom stereocenters. The van der Waals surface area contributed by atoms with E-state index < -0.39 is 0 Å². The van der Waals surface area contributed by atoms with Crippen molar-refractivity contribution < 1.29 is 0 Å². The first-order valence-electron chi connectivity index (χ1n) is 7.09. The average Bonchev–Trinajstić information content (AvgIpc) is 3.13. The summed E-state index contributed by atoms with van der Waals surface area (Å²) in [6.45, 7) is 5.75. The molecule has 1 aliphatic carbocycles. The van der Waals surface area contributed by atoms with Gasteiger partial charge in [-0.15, -0.1) is 0 Å². The largest absolute Gasteiger partial charge is 0.314 e. The standard InChI is InChI=1S/C16H25N/c1-3-4-14-5-7-15(8-6-14)11-13(2)12-17-16-9-10-16/h5-8,13,16-17H,3-4,9-12H2,1-2H3. The molecule has 1 saturated carbocycles. The Morgan fingerprint density at radius 1 is 1.18 bits per heavy atom. The second-order valence-corrected chi connectivity index (χ2v) is 5.56. The van der Waals surface area contributed by atoms with Crippen molar-refractivity contribution in [1.82, 2.24) is 5.32 Å².